The van der Waals surface area contributed by atoms with Crippen molar-refractivity contribution in [3.05, 3.63) is 49.6 Å². The number of halogens is 1. The molecule has 3 aromatic rings. The van der Waals surface area contributed by atoms with Crippen molar-refractivity contribution in [2.24, 2.45) is 0 Å². The predicted molar refractivity (Wildman–Crippen MR) is 97.6 cm³/mol. The Morgan fingerprint density at radius 2 is 2.16 bits per heavy atom. The molecule has 25 heavy (non-hydrogen) atoms. The van der Waals surface area contributed by atoms with E-state index in [9.17, 15) is 14.9 Å². The lowest BCUT2D eigenvalue weighted by atomic mass is 10.2. The smallest absolute Gasteiger partial charge is 0.348 e. The lowest BCUT2D eigenvalue weighted by Gasteiger charge is -2.09. The van der Waals surface area contributed by atoms with Gasteiger partial charge in [0.2, 0.25) is 0 Å². The van der Waals surface area contributed by atoms with E-state index in [0.29, 0.717) is 36.6 Å². The van der Waals surface area contributed by atoms with E-state index in [-0.39, 0.29) is 5.69 Å². The number of benzene rings is 1. The van der Waals surface area contributed by atoms with Gasteiger partial charge in [-0.25, -0.2) is 14.8 Å². The molecule has 0 fully saturated rings. The maximum atomic E-state index is 11.9. The summed E-state index contributed by atoms with van der Waals surface area (Å²) < 4.78 is 5.43. The number of nitro benzene ring substituents is 1. The first-order valence-corrected chi connectivity index (χ1v) is 8.56. The van der Waals surface area contributed by atoms with Crippen molar-refractivity contribution in [3.63, 3.8) is 0 Å². The van der Waals surface area contributed by atoms with Crippen LogP contribution < -0.4 is 5.32 Å². The lowest BCUT2D eigenvalue weighted by Crippen LogP contribution is -2.00. The number of nitro groups is 1. The maximum absolute atomic E-state index is 11.9. The van der Waals surface area contributed by atoms with Crippen LogP contribution in [0, 0.1) is 17.0 Å². The SMILES string of the molecule is COC(=O)c1sc2ncnc(Nc3cc([N+](=O)[O-])ccc3Br)c2c1C. The second kappa shape index (κ2) is 6.73. The van der Waals surface area contributed by atoms with Crippen molar-refractivity contribution in [2.45, 2.75) is 6.92 Å². The van der Waals surface area contributed by atoms with Crippen LogP contribution in [0.25, 0.3) is 10.2 Å². The summed E-state index contributed by atoms with van der Waals surface area (Å²) in [7, 11) is 1.32. The summed E-state index contributed by atoms with van der Waals surface area (Å²) in [4.78, 5) is 31.9. The number of thiophene rings is 1. The molecule has 8 nitrogen and oxygen atoms in total. The number of non-ortho nitro benzene ring substituents is 1. The monoisotopic (exact) mass is 422 g/mol. The molecule has 0 radical (unpaired) electrons. The van der Waals surface area contributed by atoms with Crippen molar-refractivity contribution >= 4 is 60.6 Å². The molecular formula is C15H11BrN4O4S. The van der Waals surface area contributed by atoms with Crippen LogP contribution >= 0.6 is 27.3 Å². The number of hydrogen-bond acceptors (Lipinski definition) is 8. The molecule has 2 aromatic heterocycles. The average Bonchev–Trinajstić information content (AvgIpc) is 2.94. The second-order valence-corrected chi connectivity index (χ2v) is 6.85. The number of carbonyl (C=O) groups is 1. The molecule has 0 bridgehead atoms. The van der Waals surface area contributed by atoms with Gasteiger partial charge in [0.1, 0.15) is 21.9 Å². The summed E-state index contributed by atoms with van der Waals surface area (Å²) in [5.41, 5.74) is 1.13. The zero-order chi connectivity index (χ0) is 18.1. The van der Waals surface area contributed by atoms with Gasteiger partial charge in [0.15, 0.2) is 0 Å². The minimum Gasteiger partial charge on any atom is -0.465 e. The molecule has 1 N–H and O–H groups in total. The van der Waals surface area contributed by atoms with Gasteiger partial charge in [-0.05, 0) is 34.5 Å². The Labute approximate surface area is 154 Å². The average molecular weight is 423 g/mol. The molecule has 0 spiro atoms. The summed E-state index contributed by atoms with van der Waals surface area (Å²) in [6.07, 6.45) is 1.37. The number of aromatic nitrogens is 2. The Hall–Kier alpha value is -2.59. The Morgan fingerprint density at radius 1 is 1.40 bits per heavy atom. The largest absolute Gasteiger partial charge is 0.465 e. The summed E-state index contributed by atoms with van der Waals surface area (Å²) in [6.45, 7) is 1.78. The van der Waals surface area contributed by atoms with E-state index in [1.807, 2.05) is 0 Å². The molecule has 0 saturated heterocycles. The number of nitrogens with zero attached hydrogens (tertiary/aromatic N) is 3. The quantitative estimate of drug-likeness (QED) is 0.381. The van der Waals surface area contributed by atoms with E-state index in [1.165, 1.54) is 36.9 Å². The van der Waals surface area contributed by atoms with Crippen LogP contribution in [0.15, 0.2) is 29.0 Å². The van der Waals surface area contributed by atoms with Gasteiger partial charge < -0.3 is 10.1 Å². The predicted octanol–water partition coefficient (Wildman–Crippen LogP) is 4.20. The highest BCUT2D eigenvalue weighted by Gasteiger charge is 2.20. The number of nitrogens with one attached hydrogen (secondary N) is 1. The fourth-order valence-electron chi connectivity index (χ4n) is 2.30. The van der Waals surface area contributed by atoms with Gasteiger partial charge in [0, 0.05) is 16.6 Å². The van der Waals surface area contributed by atoms with Crippen LogP contribution in [0.3, 0.4) is 0 Å². The number of carbonyl (C=O) groups excluding carboxylic acids is 1. The fraction of sp³-hybridized carbons (Fsp3) is 0.133. The summed E-state index contributed by atoms with van der Waals surface area (Å²) in [6, 6.07) is 4.39. The molecule has 1 aromatic carbocycles. The number of aryl methyl sites for hydroxylation is 1. The molecule has 0 aliphatic heterocycles. The van der Waals surface area contributed by atoms with Gasteiger partial charge in [0.05, 0.1) is 23.1 Å². The molecule has 0 unspecified atom stereocenters. The number of methoxy groups -OCH3 is 1. The number of ether oxygens (including phenoxy) is 1. The minimum absolute atomic E-state index is 0.0479. The highest BCUT2D eigenvalue weighted by Crippen LogP contribution is 2.36. The molecule has 128 valence electrons. The zero-order valence-corrected chi connectivity index (χ0v) is 15.5. The lowest BCUT2D eigenvalue weighted by molar-refractivity contribution is -0.384. The highest BCUT2D eigenvalue weighted by atomic mass is 79.9. The Morgan fingerprint density at radius 3 is 2.84 bits per heavy atom. The van der Waals surface area contributed by atoms with Gasteiger partial charge >= 0.3 is 5.97 Å². The van der Waals surface area contributed by atoms with Gasteiger partial charge in [-0.15, -0.1) is 11.3 Å². The van der Waals surface area contributed by atoms with E-state index >= 15 is 0 Å². The first-order chi connectivity index (χ1) is 11.9. The van der Waals surface area contributed by atoms with Crippen LogP contribution in [0.2, 0.25) is 0 Å². The van der Waals surface area contributed by atoms with Crippen LogP contribution in [0.4, 0.5) is 17.2 Å². The van der Waals surface area contributed by atoms with Crippen molar-refractivity contribution in [2.75, 3.05) is 12.4 Å². The third-order valence-electron chi connectivity index (χ3n) is 3.51. The first kappa shape index (κ1) is 17.2. The van der Waals surface area contributed by atoms with E-state index in [4.69, 9.17) is 4.74 Å². The minimum atomic E-state index is -0.474. The second-order valence-electron chi connectivity index (χ2n) is 5.00. The van der Waals surface area contributed by atoms with Crippen molar-refractivity contribution in [1.29, 1.82) is 0 Å². The first-order valence-electron chi connectivity index (χ1n) is 6.95. The maximum Gasteiger partial charge on any atom is 0.348 e. The van der Waals surface area contributed by atoms with Gasteiger partial charge in [0.25, 0.3) is 5.69 Å². The molecule has 0 aliphatic carbocycles. The zero-order valence-electron chi connectivity index (χ0n) is 13.1. The number of fused-ring (bicyclic) bond motifs is 1. The summed E-state index contributed by atoms with van der Waals surface area (Å²) in [5.74, 6) is 0.0121. The fourth-order valence-corrected chi connectivity index (χ4v) is 3.72. The van der Waals surface area contributed by atoms with Crippen LogP contribution in [0.1, 0.15) is 15.2 Å². The highest BCUT2D eigenvalue weighted by molar-refractivity contribution is 9.10. The molecule has 0 amide bonds. The Kier molecular flexibility index (Phi) is 4.64. The number of rotatable bonds is 4. The van der Waals surface area contributed by atoms with Gasteiger partial charge in [-0.1, -0.05) is 0 Å². The third-order valence-corrected chi connectivity index (χ3v) is 5.38. The molecule has 10 heteroatoms. The molecule has 0 atom stereocenters. The van der Waals surface area contributed by atoms with Crippen LogP contribution in [-0.4, -0.2) is 28.0 Å². The number of hydrogen-bond donors (Lipinski definition) is 1. The normalized spacial score (nSPS) is 10.7. The van der Waals surface area contributed by atoms with E-state index in [2.05, 4.69) is 31.2 Å². The van der Waals surface area contributed by atoms with E-state index in [0.717, 1.165) is 0 Å². The number of anilines is 2. The van der Waals surface area contributed by atoms with Crippen molar-refractivity contribution in [1.82, 2.24) is 9.97 Å². The molecule has 2 heterocycles. The van der Waals surface area contributed by atoms with E-state index < -0.39 is 10.9 Å². The standard InChI is InChI=1S/C15H11BrN4O4S/c1-7-11-13(17-6-18-14(11)25-12(7)15(21)24-2)19-10-5-8(20(22)23)3-4-9(10)16/h3-6H,1-2H3,(H,17,18,19). The van der Waals surface area contributed by atoms with E-state index in [1.54, 1.807) is 13.0 Å². The third kappa shape index (κ3) is 3.17. The topological polar surface area (TPSA) is 107 Å². The van der Waals surface area contributed by atoms with Crippen molar-refractivity contribution < 1.29 is 14.5 Å². The molecule has 0 aliphatic rings. The summed E-state index contributed by atoms with van der Waals surface area (Å²) in [5, 5.41) is 14.7. The van der Waals surface area contributed by atoms with Gasteiger partial charge in [-0.3, -0.25) is 10.1 Å². The Balaban J connectivity index is 2.11. The van der Waals surface area contributed by atoms with Crippen LogP contribution in [-0.2, 0) is 4.74 Å². The van der Waals surface area contributed by atoms with Gasteiger partial charge in [-0.2, -0.15) is 0 Å². The summed E-state index contributed by atoms with van der Waals surface area (Å²) >= 11 is 4.57. The van der Waals surface area contributed by atoms with Crippen LogP contribution in [0.5, 0.6) is 0 Å². The molecule has 0 saturated carbocycles. The molecular weight excluding hydrogens is 412 g/mol. The number of esters is 1. The Bertz CT molecular complexity index is 1000. The molecule has 3 rings (SSSR count). The van der Waals surface area contributed by atoms with Crippen molar-refractivity contribution in [3.8, 4) is 0 Å².